The van der Waals surface area contributed by atoms with E-state index in [1.165, 1.54) is 12.5 Å². The van der Waals surface area contributed by atoms with Crippen molar-refractivity contribution >= 4 is 16.9 Å². The van der Waals surface area contributed by atoms with Gasteiger partial charge in [-0.25, -0.2) is 4.98 Å². The smallest absolute Gasteiger partial charge is 0.252 e. The summed E-state index contributed by atoms with van der Waals surface area (Å²) < 4.78 is 5.50. The zero-order chi connectivity index (χ0) is 22.2. The first-order valence-electron chi connectivity index (χ1n) is 11.2. The molecule has 2 bridgehead atoms. The van der Waals surface area contributed by atoms with Crippen LogP contribution in [0.15, 0.2) is 54.0 Å². The fraction of sp³-hybridized carbons (Fsp3) is 0.400. The molecule has 0 spiro atoms. The van der Waals surface area contributed by atoms with Crippen molar-refractivity contribution in [2.45, 2.75) is 31.8 Å². The topological polar surface area (TPSA) is 83.1 Å². The van der Waals surface area contributed by atoms with Crippen LogP contribution in [0.4, 0.5) is 5.95 Å². The average Bonchev–Trinajstić information content (AvgIpc) is 2.81. The summed E-state index contributed by atoms with van der Waals surface area (Å²) in [5.74, 6) is 2.45. The predicted octanol–water partition coefficient (Wildman–Crippen LogP) is 3.68. The molecule has 0 radical (unpaired) electrons. The molecule has 0 saturated carbocycles. The van der Waals surface area contributed by atoms with Crippen molar-refractivity contribution in [2.24, 2.45) is 11.8 Å². The molecule has 5 atom stereocenters. The van der Waals surface area contributed by atoms with Gasteiger partial charge in [0.05, 0.1) is 18.7 Å². The molecule has 2 N–H and O–H groups in total. The van der Waals surface area contributed by atoms with Crippen LogP contribution in [0.5, 0.6) is 5.75 Å². The van der Waals surface area contributed by atoms with E-state index in [9.17, 15) is 4.79 Å². The number of pyridine rings is 1. The first-order chi connectivity index (χ1) is 15.6. The summed E-state index contributed by atoms with van der Waals surface area (Å²) in [5, 5.41) is 4.64. The van der Waals surface area contributed by atoms with Crippen LogP contribution < -0.4 is 15.6 Å². The van der Waals surface area contributed by atoms with Crippen LogP contribution in [0.25, 0.3) is 10.9 Å². The van der Waals surface area contributed by atoms with Gasteiger partial charge in [0.1, 0.15) is 5.75 Å². The highest BCUT2D eigenvalue weighted by Gasteiger charge is 2.43. The molecule has 3 unspecified atom stereocenters. The molecule has 7 heteroatoms. The van der Waals surface area contributed by atoms with Gasteiger partial charge in [-0.2, -0.15) is 0 Å². The van der Waals surface area contributed by atoms with Gasteiger partial charge in [-0.1, -0.05) is 6.08 Å². The van der Waals surface area contributed by atoms with Gasteiger partial charge in [-0.3, -0.25) is 19.7 Å². The fourth-order valence-corrected chi connectivity index (χ4v) is 5.44. The number of methoxy groups -OCH3 is 1. The highest BCUT2D eigenvalue weighted by molar-refractivity contribution is 5.84. The Balaban J connectivity index is 1.61. The summed E-state index contributed by atoms with van der Waals surface area (Å²) in [6, 6.07) is 9.75. The molecule has 166 valence electrons. The van der Waals surface area contributed by atoms with E-state index in [1.807, 2.05) is 31.3 Å². The number of hydrogen-bond donors (Lipinski definition) is 2. The van der Waals surface area contributed by atoms with E-state index in [4.69, 9.17) is 4.74 Å². The Hall–Kier alpha value is -3.19. The number of anilines is 1. The number of H-pyrrole nitrogens is 1. The maximum Gasteiger partial charge on any atom is 0.252 e. The van der Waals surface area contributed by atoms with Gasteiger partial charge in [0, 0.05) is 35.9 Å². The van der Waals surface area contributed by atoms with E-state index in [-0.39, 0.29) is 17.6 Å². The molecule has 32 heavy (non-hydrogen) atoms. The second-order valence-electron chi connectivity index (χ2n) is 8.89. The Morgan fingerprint density at radius 3 is 2.94 bits per heavy atom. The molecule has 3 aromatic rings. The Morgan fingerprint density at radius 2 is 2.22 bits per heavy atom. The van der Waals surface area contributed by atoms with Gasteiger partial charge in [-0.05, 0) is 68.0 Å². The monoisotopic (exact) mass is 431 g/mol. The second-order valence-corrected chi connectivity index (χ2v) is 8.89. The fourth-order valence-electron chi connectivity index (χ4n) is 5.44. The molecular weight excluding hydrogens is 402 g/mol. The van der Waals surface area contributed by atoms with Crippen molar-refractivity contribution in [1.82, 2.24) is 19.9 Å². The predicted molar refractivity (Wildman–Crippen MR) is 126 cm³/mol. The summed E-state index contributed by atoms with van der Waals surface area (Å²) in [5.41, 5.74) is 2.58. The number of nitrogens with one attached hydrogen (secondary N) is 2. The first kappa shape index (κ1) is 20.7. The number of hydrogen-bond acceptors (Lipinski definition) is 6. The van der Waals surface area contributed by atoms with Crippen LogP contribution in [0.2, 0.25) is 0 Å². The molecular formula is C25H29N5O2. The lowest BCUT2D eigenvalue weighted by molar-refractivity contribution is 0.0104. The number of aryl methyl sites for hydroxylation is 1. The minimum Gasteiger partial charge on any atom is -0.497 e. The van der Waals surface area contributed by atoms with Crippen molar-refractivity contribution in [3.63, 3.8) is 0 Å². The molecule has 1 aromatic carbocycles. The van der Waals surface area contributed by atoms with Gasteiger partial charge in [0.25, 0.3) is 5.56 Å². The third-order valence-electron chi connectivity index (χ3n) is 7.02. The third-order valence-corrected chi connectivity index (χ3v) is 7.02. The van der Waals surface area contributed by atoms with Gasteiger partial charge >= 0.3 is 0 Å². The molecule has 2 aromatic heterocycles. The van der Waals surface area contributed by atoms with E-state index in [0.29, 0.717) is 23.5 Å². The molecule has 3 aliphatic heterocycles. The van der Waals surface area contributed by atoms with E-state index < -0.39 is 0 Å². The molecule has 7 nitrogen and oxygen atoms in total. The standard InChI is InChI=1S/C25H29N5O2/c1-4-16-14-30-10-8-17(16)12-22(30)24(29-25-27-15(2)11-23(31)28-25)19-7-9-26-21-6-5-18(32-3)13-20(19)21/h4-7,9,11,13,16-17,22,24H,1,8,10,12,14H2,2-3H3,(H2,27,28,29,31)/t16?,17?,22-,24-/m1/s1. The van der Waals surface area contributed by atoms with Crippen molar-refractivity contribution < 1.29 is 4.74 Å². The molecule has 6 rings (SSSR count). The number of aromatic amines is 1. The lowest BCUT2D eigenvalue weighted by atomic mass is 9.73. The third kappa shape index (κ3) is 3.77. The van der Waals surface area contributed by atoms with Crippen LogP contribution in [-0.4, -0.2) is 46.1 Å². The Kier molecular flexibility index (Phi) is 5.43. The van der Waals surface area contributed by atoms with Crippen LogP contribution in [0, 0.1) is 18.8 Å². The minimum absolute atomic E-state index is 0.0638. The maximum absolute atomic E-state index is 12.1. The van der Waals surface area contributed by atoms with Crippen LogP contribution in [-0.2, 0) is 0 Å². The molecule has 3 aliphatic rings. The lowest BCUT2D eigenvalue weighted by Crippen LogP contribution is -2.56. The zero-order valence-corrected chi connectivity index (χ0v) is 18.5. The summed E-state index contributed by atoms with van der Waals surface area (Å²) in [4.78, 5) is 26.7. The number of benzene rings is 1. The summed E-state index contributed by atoms with van der Waals surface area (Å²) in [6.45, 7) is 7.99. The molecule has 0 aliphatic carbocycles. The van der Waals surface area contributed by atoms with Gasteiger partial charge < -0.3 is 10.1 Å². The van der Waals surface area contributed by atoms with Crippen LogP contribution >= 0.6 is 0 Å². The van der Waals surface area contributed by atoms with Crippen molar-refractivity contribution in [2.75, 3.05) is 25.5 Å². The van der Waals surface area contributed by atoms with Crippen molar-refractivity contribution in [3.05, 3.63) is 70.8 Å². The summed E-state index contributed by atoms with van der Waals surface area (Å²) >= 11 is 0. The normalized spacial score (nSPS) is 25.4. The number of piperidine rings is 3. The first-order valence-corrected chi connectivity index (χ1v) is 11.2. The molecule has 3 saturated heterocycles. The molecule has 3 fully saturated rings. The van der Waals surface area contributed by atoms with Gasteiger partial charge in [0.2, 0.25) is 5.95 Å². The van der Waals surface area contributed by atoms with Crippen LogP contribution in [0.3, 0.4) is 0 Å². The van der Waals surface area contributed by atoms with E-state index >= 15 is 0 Å². The highest BCUT2D eigenvalue weighted by atomic mass is 16.5. The zero-order valence-electron chi connectivity index (χ0n) is 18.5. The van der Waals surface area contributed by atoms with E-state index in [0.717, 1.165) is 41.7 Å². The van der Waals surface area contributed by atoms with Gasteiger partial charge in [-0.15, -0.1) is 6.58 Å². The number of rotatable bonds is 6. The second kappa shape index (κ2) is 8.39. The highest BCUT2D eigenvalue weighted by Crippen LogP contribution is 2.43. The lowest BCUT2D eigenvalue weighted by Gasteiger charge is -2.51. The quantitative estimate of drug-likeness (QED) is 0.580. The summed E-state index contributed by atoms with van der Waals surface area (Å²) in [7, 11) is 1.68. The maximum atomic E-state index is 12.1. The Morgan fingerprint density at radius 1 is 1.34 bits per heavy atom. The van der Waals surface area contributed by atoms with E-state index in [1.54, 1.807) is 7.11 Å². The number of nitrogens with zero attached hydrogens (tertiary/aromatic N) is 3. The van der Waals surface area contributed by atoms with E-state index in [2.05, 4.69) is 43.9 Å². The Bertz CT molecular complexity index is 1210. The Labute approximate surface area is 187 Å². The number of ether oxygens (including phenoxy) is 1. The molecule has 5 heterocycles. The van der Waals surface area contributed by atoms with Gasteiger partial charge in [0.15, 0.2) is 0 Å². The molecule has 0 amide bonds. The minimum atomic E-state index is -0.155. The van der Waals surface area contributed by atoms with Crippen LogP contribution in [0.1, 0.15) is 30.1 Å². The number of fused-ring (bicyclic) bond motifs is 4. The summed E-state index contributed by atoms with van der Waals surface area (Å²) in [6.07, 6.45) is 6.23. The number of aromatic nitrogens is 3. The largest absolute Gasteiger partial charge is 0.497 e. The average molecular weight is 432 g/mol. The van der Waals surface area contributed by atoms with Crippen molar-refractivity contribution in [1.29, 1.82) is 0 Å². The van der Waals surface area contributed by atoms with Crippen molar-refractivity contribution in [3.8, 4) is 5.75 Å². The SMILES string of the molecule is C=CC1CN2CCC1C[C@@H]2[C@H](Nc1nc(C)cc(=O)[nH]1)c1ccnc2ccc(OC)cc12.